The van der Waals surface area contributed by atoms with Crippen molar-refractivity contribution in [2.24, 2.45) is 0 Å². The highest BCUT2D eigenvalue weighted by atomic mass is 32.2. The summed E-state index contributed by atoms with van der Waals surface area (Å²) in [6.07, 6.45) is 3.22. The lowest BCUT2D eigenvalue weighted by Crippen LogP contribution is -2.23. The number of hydrogen-bond donors (Lipinski definition) is 1. The Hall–Kier alpha value is -2.22. The SMILES string of the molecule is C=CCn1cnnc1S[C@@H](C)C(=O)Nc1ccc(F)cc1F. The molecule has 0 radical (unpaired) electrons. The van der Waals surface area contributed by atoms with E-state index in [2.05, 4.69) is 22.1 Å². The molecule has 1 aromatic heterocycles. The molecule has 0 aliphatic carbocycles. The van der Waals surface area contributed by atoms with Gasteiger partial charge in [-0.05, 0) is 19.1 Å². The quantitative estimate of drug-likeness (QED) is 0.656. The van der Waals surface area contributed by atoms with Crippen LogP contribution in [0, 0.1) is 11.6 Å². The van der Waals surface area contributed by atoms with Gasteiger partial charge >= 0.3 is 0 Å². The van der Waals surface area contributed by atoms with Crippen molar-refractivity contribution in [2.75, 3.05) is 5.32 Å². The lowest BCUT2D eigenvalue weighted by molar-refractivity contribution is -0.115. The maximum Gasteiger partial charge on any atom is 0.237 e. The molecule has 0 saturated heterocycles. The van der Waals surface area contributed by atoms with Crippen molar-refractivity contribution in [1.82, 2.24) is 14.8 Å². The second kappa shape index (κ2) is 7.17. The first-order valence-electron chi connectivity index (χ1n) is 6.42. The van der Waals surface area contributed by atoms with Crippen LogP contribution in [-0.4, -0.2) is 25.9 Å². The molecule has 1 heterocycles. The predicted molar refractivity (Wildman–Crippen MR) is 80.5 cm³/mol. The number of amides is 1. The van der Waals surface area contributed by atoms with Crippen LogP contribution in [-0.2, 0) is 11.3 Å². The molecule has 8 heteroatoms. The molecule has 0 spiro atoms. The fourth-order valence-electron chi connectivity index (χ4n) is 1.64. The molecule has 0 aliphatic heterocycles. The van der Waals surface area contributed by atoms with Gasteiger partial charge in [-0.3, -0.25) is 4.79 Å². The third-order valence-corrected chi connectivity index (χ3v) is 3.84. The number of carbonyl (C=O) groups is 1. The zero-order chi connectivity index (χ0) is 16.1. The molecule has 1 atom stereocenters. The van der Waals surface area contributed by atoms with Crippen LogP contribution < -0.4 is 5.32 Å². The summed E-state index contributed by atoms with van der Waals surface area (Å²) in [7, 11) is 0. The van der Waals surface area contributed by atoms with Gasteiger partial charge in [0.15, 0.2) is 5.16 Å². The average molecular weight is 324 g/mol. The maximum absolute atomic E-state index is 13.5. The van der Waals surface area contributed by atoms with Crippen LogP contribution in [0.5, 0.6) is 0 Å². The van der Waals surface area contributed by atoms with Gasteiger partial charge in [-0.1, -0.05) is 17.8 Å². The number of carbonyl (C=O) groups excluding carboxylic acids is 1. The Morgan fingerprint density at radius 2 is 2.32 bits per heavy atom. The molecule has 0 fully saturated rings. The second-order valence-electron chi connectivity index (χ2n) is 4.43. The molecule has 0 saturated carbocycles. The molecule has 0 unspecified atom stereocenters. The topological polar surface area (TPSA) is 59.8 Å². The van der Waals surface area contributed by atoms with Gasteiger partial charge in [0.1, 0.15) is 18.0 Å². The smallest absolute Gasteiger partial charge is 0.237 e. The molecular formula is C14H14F2N4OS. The van der Waals surface area contributed by atoms with Gasteiger partial charge in [0.25, 0.3) is 0 Å². The number of aromatic nitrogens is 3. The number of allylic oxidation sites excluding steroid dienone is 1. The number of nitrogens with zero attached hydrogens (tertiary/aromatic N) is 3. The Bertz CT molecular complexity index is 689. The van der Waals surface area contributed by atoms with Crippen molar-refractivity contribution in [3.63, 3.8) is 0 Å². The molecule has 5 nitrogen and oxygen atoms in total. The van der Waals surface area contributed by atoms with Gasteiger partial charge in [0.05, 0.1) is 10.9 Å². The number of hydrogen-bond acceptors (Lipinski definition) is 4. The van der Waals surface area contributed by atoms with Gasteiger partial charge in [-0.25, -0.2) is 8.78 Å². The van der Waals surface area contributed by atoms with Crippen LogP contribution in [0.2, 0.25) is 0 Å². The minimum absolute atomic E-state index is 0.0635. The summed E-state index contributed by atoms with van der Waals surface area (Å²) in [5.41, 5.74) is -0.0635. The highest BCUT2D eigenvalue weighted by Gasteiger charge is 2.19. The first-order chi connectivity index (χ1) is 10.5. The van der Waals surface area contributed by atoms with Crippen LogP contribution in [0.1, 0.15) is 6.92 Å². The number of thioether (sulfide) groups is 1. The lowest BCUT2D eigenvalue weighted by Gasteiger charge is -2.12. The summed E-state index contributed by atoms with van der Waals surface area (Å²) in [6, 6.07) is 2.98. The Morgan fingerprint density at radius 3 is 3.00 bits per heavy atom. The first kappa shape index (κ1) is 16.2. The molecule has 22 heavy (non-hydrogen) atoms. The molecule has 0 bridgehead atoms. The number of rotatable bonds is 6. The standard InChI is InChI=1S/C14H14F2N4OS/c1-3-6-20-8-17-19-14(20)22-9(2)13(21)18-12-5-4-10(15)7-11(12)16/h3-5,7-9H,1,6H2,2H3,(H,18,21)/t9-/m0/s1. The number of anilines is 1. The third-order valence-electron chi connectivity index (χ3n) is 2.75. The molecule has 116 valence electrons. The van der Waals surface area contributed by atoms with Crippen molar-refractivity contribution in [3.8, 4) is 0 Å². The van der Waals surface area contributed by atoms with Crippen LogP contribution in [0.4, 0.5) is 14.5 Å². The Balaban J connectivity index is 2.02. The van der Waals surface area contributed by atoms with Crippen LogP contribution in [0.25, 0.3) is 0 Å². The fourth-order valence-corrected chi connectivity index (χ4v) is 2.47. The normalized spacial score (nSPS) is 12.0. The lowest BCUT2D eigenvalue weighted by atomic mass is 10.3. The van der Waals surface area contributed by atoms with Crippen LogP contribution in [0.3, 0.4) is 0 Å². The minimum Gasteiger partial charge on any atom is -0.323 e. The number of benzene rings is 1. The Labute approximate surface area is 130 Å². The number of halogens is 2. The van der Waals surface area contributed by atoms with E-state index in [0.717, 1.165) is 6.07 Å². The van der Waals surface area contributed by atoms with Gasteiger partial charge in [0, 0.05) is 12.6 Å². The third kappa shape index (κ3) is 3.91. The fraction of sp³-hybridized carbons (Fsp3) is 0.214. The summed E-state index contributed by atoms with van der Waals surface area (Å²) >= 11 is 1.19. The van der Waals surface area contributed by atoms with Gasteiger partial charge in [-0.2, -0.15) is 0 Å². The molecule has 2 aromatic rings. The van der Waals surface area contributed by atoms with Gasteiger partial charge in [0.2, 0.25) is 5.91 Å². The van der Waals surface area contributed by atoms with Crippen molar-refractivity contribution in [2.45, 2.75) is 23.9 Å². The van der Waals surface area contributed by atoms with Crippen molar-refractivity contribution in [3.05, 3.63) is 48.8 Å². The molecule has 1 aromatic carbocycles. The summed E-state index contributed by atoms with van der Waals surface area (Å²) in [5, 5.41) is 10.1. The largest absolute Gasteiger partial charge is 0.323 e. The van der Waals surface area contributed by atoms with Gasteiger partial charge in [-0.15, -0.1) is 16.8 Å². The van der Waals surface area contributed by atoms with E-state index in [-0.39, 0.29) is 5.69 Å². The van der Waals surface area contributed by atoms with Gasteiger partial charge < -0.3 is 9.88 Å². The number of nitrogens with one attached hydrogen (secondary N) is 1. The highest BCUT2D eigenvalue weighted by molar-refractivity contribution is 8.00. The zero-order valence-corrected chi connectivity index (χ0v) is 12.6. The van der Waals surface area contributed by atoms with E-state index in [1.54, 1.807) is 17.6 Å². The van der Waals surface area contributed by atoms with E-state index in [1.807, 2.05) is 0 Å². The predicted octanol–water partition coefficient (Wildman–Crippen LogP) is 2.86. The monoisotopic (exact) mass is 324 g/mol. The van der Waals surface area contributed by atoms with Crippen molar-refractivity contribution >= 4 is 23.4 Å². The minimum atomic E-state index is -0.819. The average Bonchev–Trinajstić information content (AvgIpc) is 2.89. The zero-order valence-electron chi connectivity index (χ0n) is 11.8. The van der Waals surface area contributed by atoms with Crippen LogP contribution >= 0.6 is 11.8 Å². The summed E-state index contributed by atoms with van der Waals surface area (Å²) in [4.78, 5) is 12.1. The summed E-state index contributed by atoms with van der Waals surface area (Å²) < 4.78 is 28.1. The van der Waals surface area contributed by atoms with E-state index in [9.17, 15) is 13.6 Å². The molecule has 2 rings (SSSR count). The van der Waals surface area contributed by atoms with E-state index >= 15 is 0 Å². The highest BCUT2D eigenvalue weighted by Crippen LogP contribution is 2.23. The molecule has 1 amide bonds. The van der Waals surface area contributed by atoms with Crippen molar-refractivity contribution in [1.29, 1.82) is 0 Å². The Morgan fingerprint density at radius 1 is 1.55 bits per heavy atom. The van der Waals surface area contributed by atoms with E-state index in [0.29, 0.717) is 17.8 Å². The van der Waals surface area contributed by atoms with E-state index in [1.165, 1.54) is 24.2 Å². The van der Waals surface area contributed by atoms with Crippen molar-refractivity contribution < 1.29 is 13.6 Å². The first-order valence-corrected chi connectivity index (χ1v) is 7.30. The van der Waals surface area contributed by atoms with Crippen LogP contribution in [0.15, 0.2) is 42.3 Å². The maximum atomic E-state index is 13.5. The molecular weight excluding hydrogens is 310 g/mol. The Kier molecular flexibility index (Phi) is 5.26. The molecule has 0 aliphatic rings. The summed E-state index contributed by atoms with van der Waals surface area (Å²) in [5.74, 6) is -1.93. The second-order valence-corrected chi connectivity index (χ2v) is 5.74. The molecule has 1 N–H and O–H groups in total. The van der Waals surface area contributed by atoms with E-state index in [4.69, 9.17) is 0 Å². The van der Waals surface area contributed by atoms with E-state index < -0.39 is 22.8 Å². The summed E-state index contributed by atoms with van der Waals surface area (Å²) in [6.45, 7) is 5.81.